The third-order valence-corrected chi connectivity index (χ3v) is 5.93. The van der Waals surface area contributed by atoms with Crippen LogP contribution in [0.5, 0.6) is 0 Å². The Morgan fingerprint density at radius 3 is 2.43 bits per heavy atom. The lowest BCUT2D eigenvalue weighted by Crippen LogP contribution is -2.38. The van der Waals surface area contributed by atoms with Gasteiger partial charge in [-0.15, -0.1) is 0 Å². The summed E-state index contributed by atoms with van der Waals surface area (Å²) in [6.45, 7) is 1.97. The average Bonchev–Trinajstić information content (AvgIpc) is 3.09. The van der Waals surface area contributed by atoms with Crippen LogP contribution in [0.15, 0.2) is 72.9 Å². The van der Waals surface area contributed by atoms with Gasteiger partial charge in [-0.25, -0.2) is 0 Å². The Balaban J connectivity index is 1.54. The first-order chi connectivity index (χ1) is 13.7. The highest BCUT2D eigenvalue weighted by Crippen LogP contribution is 2.29. The minimum absolute atomic E-state index is 0.190. The number of nitrogens with zero attached hydrogens (tertiary/aromatic N) is 2. The van der Waals surface area contributed by atoms with Gasteiger partial charge in [-0.3, -0.25) is 4.79 Å². The van der Waals surface area contributed by atoms with Crippen molar-refractivity contribution in [3.8, 4) is 0 Å². The number of carbonyl (C=O) groups is 1. The zero-order valence-corrected chi connectivity index (χ0v) is 16.7. The molecule has 28 heavy (non-hydrogen) atoms. The molecule has 1 saturated carbocycles. The van der Waals surface area contributed by atoms with Crippen LogP contribution in [-0.4, -0.2) is 15.4 Å². The van der Waals surface area contributed by atoms with Crippen LogP contribution in [0.1, 0.15) is 36.1 Å². The quantitative estimate of drug-likeness (QED) is 0.519. The molecule has 4 heteroatoms. The lowest BCUT2D eigenvalue weighted by molar-refractivity contribution is -0.139. The van der Waals surface area contributed by atoms with Crippen LogP contribution in [-0.2, 0) is 24.4 Å². The maximum atomic E-state index is 13.1. The van der Waals surface area contributed by atoms with E-state index in [9.17, 15) is 4.79 Å². The lowest BCUT2D eigenvalue weighted by Gasteiger charge is -2.32. The van der Waals surface area contributed by atoms with Crippen molar-refractivity contribution in [2.75, 3.05) is 0 Å². The first kappa shape index (κ1) is 18.8. The predicted octanol–water partition coefficient (Wildman–Crippen LogP) is 5.52. The van der Waals surface area contributed by atoms with Crippen LogP contribution >= 0.6 is 11.6 Å². The van der Waals surface area contributed by atoms with E-state index >= 15 is 0 Å². The summed E-state index contributed by atoms with van der Waals surface area (Å²) in [4.78, 5) is 15.1. The number of hydrogen-bond acceptors (Lipinski definition) is 1. The standard InChI is InChI=1S/C24H25ClN2O/c25-23-14-5-4-10-21(23)17-26-15-7-13-22(26)18-27(24(28)20-11-6-12-20)16-19-8-2-1-3-9-19/h1-5,7-10,13-15,20H,6,11-12,16-18H2. The smallest absolute Gasteiger partial charge is 0.226 e. The summed E-state index contributed by atoms with van der Waals surface area (Å²) in [5, 5.41) is 0.772. The van der Waals surface area contributed by atoms with Gasteiger partial charge in [0.15, 0.2) is 0 Å². The monoisotopic (exact) mass is 392 g/mol. The minimum atomic E-state index is 0.190. The van der Waals surface area contributed by atoms with Crippen molar-refractivity contribution in [3.05, 3.63) is 94.8 Å². The van der Waals surface area contributed by atoms with E-state index in [1.807, 2.05) is 53.4 Å². The third kappa shape index (κ3) is 4.31. The van der Waals surface area contributed by atoms with Gasteiger partial charge >= 0.3 is 0 Å². The Morgan fingerprint density at radius 1 is 0.964 bits per heavy atom. The molecule has 0 atom stereocenters. The Labute approximate surface area is 171 Å². The van der Waals surface area contributed by atoms with Crippen molar-refractivity contribution < 1.29 is 4.79 Å². The van der Waals surface area contributed by atoms with E-state index in [1.54, 1.807) is 0 Å². The van der Waals surface area contributed by atoms with Gasteiger partial charge in [0, 0.05) is 35.9 Å². The maximum Gasteiger partial charge on any atom is 0.226 e. The molecular formula is C24H25ClN2O. The number of aromatic nitrogens is 1. The number of benzene rings is 2. The highest BCUT2D eigenvalue weighted by Gasteiger charge is 2.30. The number of carbonyl (C=O) groups excluding carboxylic acids is 1. The fourth-order valence-electron chi connectivity index (χ4n) is 3.68. The van der Waals surface area contributed by atoms with E-state index < -0.39 is 0 Å². The molecule has 1 aromatic heterocycles. The molecule has 0 bridgehead atoms. The van der Waals surface area contributed by atoms with E-state index in [1.165, 1.54) is 12.0 Å². The van der Waals surface area contributed by atoms with Crippen molar-refractivity contribution in [1.82, 2.24) is 9.47 Å². The van der Waals surface area contributed by atoms with Gasteiger partial charge in [0.2, 0.25) is 5.91 Å². The molecular weight excluding hydrogens is 368 g/mol. The summed E-state index contributed by atoms with van der Waals surface area (Å²) in [5.74, 6) is 0.469. The first-order valence-corrected chi connectivity index (χ1v) is 10.3. The van der Waals surface area contributed by atoms with Crippen LogP contribution < -0.4 is 0 Å². The van der Waals surface area contributed by atoms with Gasteiger partial charge in [-0.1, -0.05) is 66.6 Å². The van der Waals surface area contributed by atoms with Gasteiger partial charge in [0.25, 0.3) is 0 Å². The summed E-state index contributed by atoms with van der Waals surface area (Å²) in [6, 6.07) is 22.3. The molecule has 3 aromatic rings. The number of hydrogen-bond donors (Lipinski definition) is 0. The average molecular weight is 393 g/mol. The summed E-state index contributed by atoms with van der Waals surface area (Å²) in [5.41, 5.74) is 3.38. The highest BCUT2D eigenvalue weighted by molar-refractivity contribution is 6.31. The van der Waals surface area contributed by atoms with Crippen LogP contribution in [0.25, 0.3) is 0 Å². The van der Waals surface area contributed by atoms with Crippen molar-refractivity contribution in [1.29, 1.82) is 0 Å². The summed E-state index contributed by atoms with van der Waals surface area (Å²) in [6.07, 6.45) is 5.27. The van der Waals surface area contributed by atoms with E-state index in [0.717, 1.165) is 29.1 Å². The second kappa shape index (κ2) is 8.66. The molecule has 144 valence electrons. The van der Waals surface area contributed by atoms with Crippen LogP contribution in [0.2, 0.25) is 5.02 Å². The van der Waals surface area contributed by atoms with Gasteiger partial charge in [0.1, 0.15) is 0 Å². The molecule has 2 aromatic carbocycles. The fourth-order valence-corrected chi connectivity index (χ4v) is 3.88. The Hall–Kier alpha value is -2.52. The zero-order chi connectivity index (χ0) is 19.3. The Kier molecular flexibility index (Phi) is 5.82. The second-order valence-electron chi connectivity index (χ2n) is 7.53. The van der Waals surface area contributed by atoms with Gasteiger partial charge < -0.3 is 9.47 Å². The molecule has 4 rings (SSSR count). The maximum absolute atomic E-state index is 13.1. The van der Waals surface area contributed by atoms with Gasteiger partial charge in [-0.05, 0) is 42.2 Å². The number of rotatable bonds is 7. The molecule has 0 unspecified atom stereocenters. The number of halogens is 1. The summed E-state index contributed by atoms with van der Waals surface area (Å²) >= 11 is 6.35. The molecule has 3 nitrogen and oxygen atoms in total. The highest BCUT2D eigenvalue weighted by atomic mass is 35.5. The van der Waals surface area contributed by atoms with Gasteiger partial charge in [0.05, 0.1) is 6.54 Å². The van der Waals surface area contributed by atoms with Crippen LogP contribution in [0.3, 0.4) is 0 Å². The predicted molar refractivity (Wildman–Crippen MR) is 113 cm³/mol. The first-order valence-electron chi connectivity index (χ1n) is 9.91. The van der Waals surface area contributed by atoms with Crippen molar-refractivity contribution >= 4 is 17.5 Å². The topological polar surface area (TPSA) is 25.2 Å². The van der Waals surface area contributed by atoms with Gasteiger partial charge in [-0.2, -0.15) is 0 Å². The molecule has 1 aliphatic carbocycles. The van der Waals surface area contributed by atoms with E-state index in [-0.39, 0.29) is 11.8 Å². The Morgan fingerprint density at radius 2 is 1.71 bits per heavy atom. The molecule has 0 spiro atoms. The SMILES string of the molecule is O=C(C1CCC1)N(Cc1ccccc1)Cc1cccn1Cc1ccccc1Cl. The van der Waals surface area contributed by atoms with E-state index in [2.05, 4.69) is 29.0 Å². The van der Waals surface area contributed by atoms with E-state index in [4.69, 9.17) is 11.6 Å². The van der Waals surface area contributed by atoms with Crippen LogP contribution in [0, 0.1) is 5.92 Å². The van der Waals surface area contributed by atoms with Crippen molar-refractivity contribution in [3.63, 3.8) is 0 Å². The molecule has 0 radical (unpaired) electrons. The van der Waals surface area contributed by atoms with Crippen molar-refractivity contribution in [2.45, 2.75) is 38.9 Å². The minimum Gasteiger partial charge on any atom is -0.345 e. The third-order valence-electron chi connectivity index (χ3n) is 5.56. The zero-order valence-electron chi connectivity index (χ0n) is 15.9. The molecule has 0 saturated heterocycles. The normalized spacial score (nSPS) is 13.9. The largest absolute Gasteiger partial charge is 0.345 e. The molecule has 1 heterocycles. The lowest BCUT2D eigenvalue weighted by atomic mass is 9.84. The molecule has 0 N–H and O–H groups in total. The summed E-state index contributed by atoms with van der Waals surface area (Å²) in [7, 11) is 0. The number of amides is 1. The molecule has 0 aliphatic heterocycles. The second-order valence-corrected chi connectivity index (χ2v) is 7.93. The fraction of sp³-hybridized carbons (Fsp3) is 0.292. The molecule has 1 aliphatic rings. The Bertz CT molecular complexity index is 931. The summed E-state index contributed by atoms with van der Waals surface area (Å²) < 4.78 is 2.19. The van der Waals surface area contributed by atoms with Crippen LogP contribution in [0.4, 0.5) is 0 Å². The van der Waals surface area contributed by atoms with E-state index in [0.29, 0.717) is 19.6 Å². The molecule has 1 amide bonds. The van der Waals surface area contributed by atoms with Crippen molar-refractivity contribution in [2.24, 2.45) is 5.92 Å². The molecule has 1 fully saturated rings.